The Labute approximate surface area is 180 Å². The second-order valence-electron chi connectivity index (χ2n) is 4.59. The molecule has 130 valence electrons. The van der Waals surface area contributed by atoms with Crippen molar-refractivity contribution < 1.29 is 4.74 Å². The monoisotopic (exact) mass is 592 g/mol. The van der Waals surface area contributed by atoms with Crippen LogP contribution in [-0.2, 0) is 6.61 Å². The lowest BCUT2D eigenvalue weighted by Crippen LogP contribution is -2.12. The topological polar surface area (TPSA) is 109 Å². The van der Waals surface area contributed by atoms with Gasteiger partial charge in [-0.2, -0.15) is 0 Å². The van der Waals surface area contributed by atoms with Crippen molar-refractivity contribution in [1.29, 1.82) is 10.8 Å². The highest BCUT2D eigenvalue weighted by molar-refractivity contribution is 14.1. The Morgan fingerprint density at radius 2 is 1.46 bits per heavy atom. The first-order valence-corrected chi connectivity index (χ1v) is 8.44. The van der Waals surface area contributed by atoms with Gasteiger partial charge in [0.15, 0.2) is 0 Å². The van der Waals surface area contributed by atoms with Crippen LogP contribution in [0, 0.1) is 18.0 Å². The molecule has 0 saturated heterocycles. The molecule has 0 aromatic heterocycles. The number of hydrogen-bond donors (Lipinski definition) is 4. The molecule has 0 spiro atoms. The number of rotatable bonds is 5. The van der Waals surface area contributed by atoms with Crippen molar-refractivity contribution in [3.05, 3.63) is 60.2 Å². The van der Waals surface area contributed by atoms with E-state index in [2.05, 4.69) is 45.2 Å². The second kappa shape index (κ2) is 10.3. The summed E-state index contributed by atoms with van der Waals surface area (Å²) in [6.07, 6.45) is 0. The standard InChI is InChI=1S/C15H14I2N4O.2ClH/c16-11-5-10(15(20)21)6-12(17)13(11)22-7-8-2-1-3-9(4-8)14(18)19;;/h1-6H,7H2,(H3,18,19)(H3,20,21);2*1H. The van der Waals surface area contributed by atoms with E-state index in [4.69, 9.17) is 27.0 Å². The smallest absolute Gasteiger partial charge is 0.146 e. The van der Waals surface area contributed by atoms with Crippen LogP contribution in [0.3, 0.4) is 0 Å². The first kappa shape index (κ1) is 23.2. The summed E-state index contributed by atoms with van der Waals surface area (Å²) in [5.74, 6) is 0.841. The van der Waals surface area contributed by atoms with E-state index in [1.807, 2.05) is 30.3 Å². The summed E-state index contributed by atoms with van der Waals surface area (Å²) in [6, 6.07) is 11.1. The number of nitrogen functional groups attached to an aromatic ring is 2. The fourth-order valence-corrected chi connectivity index (χ4v) is 3.92. The van der Waals surface area contributed by atoms with E-state index in [1.165, 1.54) is 0 Å². The summed E-state index contributed by atoms with van der Waals surface area (Å²) < 4.78 is 7.69. The minimum atomic E-state index is 0. The molecule has 0 saturated carbocycles. The maximum atomic E-state index is 7.50. The summed E-state index contributed by atoms with van der Waals surface area (Å²) in [5.41, 5.74) is 13.3. The van der Waals surface area contributed by atoms with Crippen LogP contribution in [0.1, 0.15) is 16.7 Å². The first-order valence-electron chi connectivity index (χ1n) is 6.28. The molecule has 0 fully saturated rings. The van der Waals surface area contributed by atoms with Crippen molar-refractivity contribution in [3.63, 3.8) is 0 Å². The molecule has 24 heavy (non-hydrogen) atoms. The van der Waals surface area contributed by atoms with Gasteiger partial charge in [-0.3, -0.25) is 10.8 Å². The van der Waals surface area contributed by atoms with Crippen LogP contribution >= 0.6 is 70.0 Å². The molecule has 5 nitrogen and oxygen atoms in total. The van der Waals surface area contributed by atoms with Gasteiger partial charge in [-0.15, -0.1) is 24.8 Å². The molecule has 0 radical (unpaired) electrons. The van der Waals surface area contributed by atoms with E-state index >= 15 is 0 Å². The highest BCUT2D eigenvalue weighted by Gasteiger charge is 2.11. The quantitative estimate of drug-likeness (QED) is 0.240. The Hall–Kier alpha value is -0.780. The van der Waals surface area contributed by atoms with Gasteiger partial charge in [0, 0.05) is 11.1 Å². The fourth-order valence-electron chi connectivity index (χ4n) is 1.84. The van der Waals surface area contributed by atoms with Gasteiger partial charge in [-0.05, 0) is 68.9 Å². The van der Waals surface area contributed by atoms with Crippen molar-refractivity contribution in [2.75, 3.05) is 0 Å². The molecular formula is C15H16Cl2I2N4O. The minimum Gasteiger partial charge on any atom is -0.487 e. The third-order valence-electron chi connectivity index (χ3n) is 2.93. The lowest BCUT2D eigenvalue weighted by molar-refractivity contribution is 0.301. The molecule has 0 aliphatic carbocycles. The SMILES string of the molecule is Cl.Cl.N=C(N)c1cccc(COc2c(I)cc(C(=N)N)cc2I)c1. The van der Waals surface area contributed by atoms with E-state index in [0.717, 1.165) is 18.5 Å². The van der Waals surface area contributed by atoms with Crippen LogP contribution in [0.15, 0.2) is 36.4 Å². The van der Waals surface area contributed by atoms with Crippen molar-refractivity contribution in [3.8, 4) is 5.75 Å². The van der Waals surface area contributed by atoms with E-state index in [9.17, 15) is 0 Å². The third kappa shape index (κ3) is 5.94. The van der Waals surface area contributed by atoms with Crippen molar-refractivity contribution in [2.24, 2.45) is 11.5 Å². The van der Waals surface area contributed by atoms with Gasteiger partial charge < -0.3 is 16.2 Å². The van der Waals surface area contributed by atoms with Gasteiger partial charge in [0.2, 0.25) is 0 Å². The molecule has 6 N–H and O–H groups in total. The number of hydrogen-bond acceptors (Lipinski definition) is 3. The van der Waals surface area contributed by atoms with E-state index < -0.39 is 0 Å². The molecule has 2 rings (SSSR count). The average molecular weight is 593 g/mol. The molecule has 0 aliphatic heterocycles. The highest BCUT2D eigenvalue weighted by atomic mass is 127. The van der Waals surface area contributed by atoms with Crippen LogP contribution in [0.4, 0.5) is 0 Å². The molecule has 9 heteroatoms. The van der Waals surface area contributed by atoms with Gasteiger partial charge >= 0.3 is 0 Å². The predicted molar refractivity (Wildman–Crippen MR) is 119 cm³/mol. The van der Waals surface area contributed by atoms with Crippen molar-refractivity contribution >= 4 is 81.7 Å². The Bertz CT molecular complexity index is 733. The Balaban J connectivity index is 0.00000264. The van der Waals surface area contributed by atoms with Gasteiger partial charge in [0.1, 0.15) is 24.0 Å². The highest BCUT2D eigenvalue weighted by Crippen LogP contribution is 2.29. The Morgan fingerprint density at radius 1 is 0.917 bits per heavy atom. The number of nitrogens with two attached hydrogens (primary N) is 2. The molecule has 0 bridgehead atoms. The van der Waals surface area contributed by atoms with Crippen LogP contribution in [0.25, 0.3) is 0 Å². The predicted octanol–water partition coefficient (Wildman–Crippen LogP) is 3.89. The summed E-state index contributed by atoms with van der Waals surface area (Å²) in [7, 11) is 0. The largest absolute Gasteiger partial charge is 0.487 e. The number of nitrogens with one attached hydrogen (secondary N) is 2. The van der Waals surface area contributed by atoms with E-state index in [0.29, 0.717) is 17.7 Å². The summed E-state index contributed by atoms with van der Waals surface area (Å²) >= 11 is 4.34. The number of amidine groups is 2. The first-order chi connectivity index (χ1) is 10.4. The lowest BCUT2D eigenvalue weighted by atomic mass is 10.1. The number of halogens is 4. The lowest BCUT2D eigenvalue weighted by Gasteiger charge is -2.12. The normalized spacial score (nSPS) is 9.42. The zero-order valence-electron chi connectivity index (χ0n) is 12.3. The fraction of sp³-hybridized carbons (Fsp3) is 0.0667. The van der Waals surface area contributed by atoms with Gasteiger partial charge in [0.25, 0.3) is 0 Å². The van der Waals surface area contributed by atoms with Gasteiger partial charge in [0.05, 0.1) is 7.14 Å². The Morgan fingerprint density at radius 3 is 1.96 bits per heavy atom. The van der Waals surface area contributed by atoms with E-state index in [1.54, 1.807) is 6.07 Å². The molecule has 0 amide bonds. The van der Waals surface area contributed by atoms with Crippen LogP contribution in [0.5, 0.6) is 5.75 Å². The van der Waals surface area contributed by atoms with E-state index in [-0.39, 0.29) is 36.5 Å². The molecule has 2 aromatic rings. The van der Waals surface area contributed by atoms with Gasteiger partial charge in [-0.1, -0.05) is 18.2 Å². The van der Waals surface area contributed by atoms with Crippen LogP contribution in [-0.4, -0.2) is 11.7 Å². The van der Waals surface area contributed by atoms with Gasteiger partial charge in [-0.25, -0.2) is 0 Å². The second-order valence-corrected chi connectivity index (χ2v) is 6.91. The van der Waals surface area contributed by atoms with Crippen LogP contribution in [0.2, 0.25) is 0 Å². The number of ether oxygens (including phenoxy) is 1. The van der Waals surface area contributed by atoms with Crippen LogP contribution < -0.4 is 16.2 Å². The molecule has 0 aliphatic rings. The molecule has 0 atom stereocenters. The molecular weight excluding hydrogens is 577 g/mol. The van der Waals surface area contributed by atoms with Crippen molar-refractivity contribution in [2.45, 2.75) is 6.61 Å². The Kier molecular flexibility index (Phi) is 9.93. The van der Waals surface area contributed by atoms with Crippen molar-refractivity contribution in [1.82, 2.24) is 0 Å². The summed E-state index contributed by atoms with van der Waals surface area (Å²) in [5, 5.41) is 15.0. The molecule has 2 aromatic carbocycles. The summed E-state index contributed by atoms with van der Waals surface area (Å²) in [6.45, 7) is 0.381. The average Bonchev–Trinajstić information content (AvgIpc) is 2.46. The molecule has 0 unspecified atom stereocenters. The maximum Gasteiger partial charge on any atom is 0.146 e. The zero-order valence-corrected chi connectivity index (χ0v) is 18.3. The zero-order chi connectivity index (χ0) is 16.3. The minimum absolute atomic E-state index is 0. The third-order valence-corrected chi connectivity index (χ3v) is 4.53. The summed E-state index contributed by atoms with van der Waals surface area (Å²) in [4.78, 5) is 0. The maximum absolute atomic E-state index is 7.50. The molecule has 0 heterocycles. The number of benzene rings is 2.